The van der Waals surface area contributed by atoms with Crippen LogP contribution >= 0.6 is 0 Å². The first-order valence-corrected chi connectivity index (χ1v) is 6.80. The molecule has 104 valence electrons. The van der Waals surface area contributed by atoms with Crippen molar-refractivity contribution in [2.24, 2.45) is 4.99 Å². The topological polar surface area (TPSA) is 30.8 Å². The fourth-order valence-electron chi connectivity index (χ4n) is 1.94. The van der Waals surface area contributed by atoms with Gasteiger partial charge in [-0.3, -0.25) is 0 Å². The molecule has 0 aromatic heterocycles. The number of rotatable bonds is 3. The molecule has 0 saturated carbocycles. The number of nitrogens with zero attached hydrogens (tertiary/aromatic N) is 1. The Labute approximate surface area is 115 Å². The lowest BCUT2D eigenvalue weighted by Crippen LogP contribution is -2.41. The second kappa shape index (κ2) is 4.87. The summed E-state index contributed by atoms with van der Waals surface area (Å²) in [6.07, 6.45) is 1.30. The summed E-state index contributed by atoms with van der Waals surface area (Å²) in [4.78, 5) is 4.53. The highest BCUT2D eigenvalue weighted by Crippen LogP contribution is 2.36. The number of hydrogen-bond donors (Lipinski definition) is 0. The van der Waals surface area contributed by atoms with Gasteiger partial charge >= 0.3 is 6.08 Å². The monoisotopic (exact) mass is 261 g/mol. The lowest BCUT2D eigenvalue weighted by Gasteiger charge is -2.28. The highest BCUT2D eigenvalue weighted by atomic mass is 16.7. The van der Waals surface area contributed by atoms with Gasteiger partial charge < -0.3 is 9.47 Å². The summed E-state index contributed by atoms with van der Waals surface area (Å²) in [5, 5.41) is 0. The molecular weight excluding hydrogens is 238 g/mol. The first-order chi connectivity index (χ1) is 8.80. The summed E-state index contributed by atoms with van der Waals surface area (Å²) in [5.41, 5.74) is 0.576. The van der Waals surface area contributed by atoms with E-state index in [9.17, 15) is 0 Å². The molecule has 0 amide bonds. The minimum atomic E-state index is -0.349. The van der Waals surface area contributed by atoms with Gasteiger partial charge in [-0.2, -0.15) is 0 Å². The van der Waals surface area contributed by atoms with Crippen LogP contribution in [0.4, 0.5) is 0 Å². The molecular formula is C16H23NO2. The molecule has 1 aliphatic heterocycles. The maximum Gasteiger partial charge on any atom is 0.385 e. The highest BCUT2D eigenvalue weighted by Gasteiger charge is 2.49. The van der Waals surface area contributed by atoms with Crippen LogP contribution in [0.25, 0.3) is 0 Å². The number of benzene rings is 1. The van der Waals surface area contributed by atoms with E-state index in [1.165, 1.54) is 5.56 Å². The number of aliphatic imine (C=N–C) groups is 1. The van der Waals surface area contributed by atoms with Crippen LogP contribution in [0.2, 0.25) is 0 Å². The average Bonchev–Trinajstić information content (AvgIpc) is 2.47. The minimum Gasteiger partial charge on any atom is -0.440 e. The Morgan fingerprint density at radius 1 is 1.00 bits per heavy atom. The van der Waals surface area contributed by atoms with Crippen LogP contribution in [0.3, 0.4) is 0 Å². The summed E-state index contributed by atoms with van der Waals surface area (Å²) in [6.45, 7) is 10.2. The molecule has 0 spiro atoms. The Morgan fingerprint density at radius 2 is 1.53 bits per heavy atom. The summed E-state index contributed by atoms with van der Waals surface area (Å²) < 4.78 is 11.6. The molecule has 2 rings (SSSR count). The molecule has 1 unspecified atom stereocenters. The van der Waals surface area contributed by atoms with Crippen molar-refractivity contribution in [1.82, 2.24) is 0 Å². The first kappa shape index (κ1) is 13.9. The van der Waals surface area contributed by atoms with Crippen molar-refractivity contribution in [2.75, 3.05) is 0 Å². The van der Waals surface area contributed by atoms with Gasteiger partial charge in [-0.1, -0.05) is 30.3 Å². The van der Waals surface area contributed by atoms with Crippen molar-refractivity contribution >= 4 is 6.08 Å². The van der Waals surface area contributed by atoms with Gasteiger partial charge in [0.1, 0.15) is 11.2 Å². The van der Waals surface area contributed by atoms with Crippen molar-refractivity contribution in [2.45, 2.75) is 58.3 Å². The number of ether oxygens (including phenoxy) is 2. The van der Waals surface area contributed by atoms with Gasteiger partial charge in [-0.15, -0.1) is 0 Å². The third-order valence-corrected chi connectivity index (χ3v) is 3.83. The van der Waals surface area contributed by atoms with E-state index in [4.69, 9.17) is 9.47 Å². The van der Waals surface area contributed by atoms with Gasteiger partial charge in [-0.05, 0) is 46.6 Å². The van der Waals surface area contributed by atoms with E-state index in [1.807, 2.05) is 45.9 Å². The molecule has 0 radical (unpaired) electrons. The molecule has 3 heteroatoms. The van der Waals surface area contributed by atoms with E-state index in [1.54, 1.807) is 0 Å². The molecule has 1 saturated heterocycles. The maximum atomic E-state index is 5.80. The van der Waals surface area contributed by atoms with Crippen molar-refractivity contribution in [3.63, 3.8) is 0 Å². The van der Waals surface area contributed by atoms with Crippen LogP contribution in [0, 0.1) is 0 Å². The van der Waals surface area contributed by atoms with Crippen molar-refractivity contribution in [1.29, 1.82) is 0 Å². The standard InChI is InChI=1S/C16H23NO2/c1-12(11-13-9-7-6-8-10-13)17-14-18-15(2,3)16(4,5)19-14/h6-10,12H,11H2,1-5H3. The van der Waals surface area contributed by atoms with Crippen LogP contribution in [0.1, 0.15) is 40.2 Å². The molecule has 1 aliphatic rings. The largest absolute Gasteiger partial charge is 0.440 e. The quantitative estimate of drug-likeness (QED) is 0.832. The van der Waals surface area contributed by atoms with E-state index in [0.717, 1.165) is 6.42 Å². The molecule has 1 heterocycles. The Morgan fingerprint density at radius 3 is 2.05 bits per heavy atom. The minimum absolute atomic E-state index is 0.141. The predicted octanol–water partition coefficient (Wildman–Crippen LogP) is 3.58. The van der Waals surface area contributed by atoms with E-state index >= 15 is 0 Å². The molecule has 3 nitrogen and oxygen atoms in total. The fraction of sp³-hybridized carbons (Fsp3) is 0.562. The van der Waals surface area contributed by atoms with Crippen LogP contribution in [0.5, 0.6) is 0 Å². The van der Waals surface area contributed by atoms with Crippen molar-refractivity contribution < 1.29 is 9.47 Å². The molecule has 0 aliphatic carbocycles. The third kappa shape index (κ3) is 3.09. The second-order valence-corrected chi connectivity index (χ2v) is 6.16. The molecule has 1 atom stereocenters. The van der Waals surface area contributed by atoms with Crippen LogP contribution in [-0.2, 0) is 15.9 Å². The number of hydrogen-bond acceptors (Lipinski definition) is 3. The van der Waals surface area contributed by atoms with Gasteiger partial charge in [0, 0.05) is 0 Å². The Hall–Kier alpha value is -1.51. The average molecular weight is 261 g/mol. The van der Waals surface area contributed by atoms with Gasteiger partial charge in [0.2, 0.25) is 0 Å². The molecule has 1 fully saturated rings. The Balaban J connectivity index is 2.03. The zero-order chi connectivity index (χ0) is 14.1. The van der Waals surface area contributed by atoms with Crippen LogP contribution < -0.4 is 0 Å². The Bertz CT molecular complexity index is 445. The SMILES string of the molecule is CC(Cc1ccccc1)N=C1OC(C)(C)C(C)(C)O1. The van der Waals surface area contributed by atoms with Gasteiger partial charge in [-0.25, -0.2) is 4.99 Å². The smallest absolute Gasteiger partial charge is 0.385 e. The summed E-state index contributed by atoms with van der Waals surface area (Å²) in [7, 11) is 0. The lowest BCUT2D eigenvalue weighted by atomic mass is 9.90. The first-order valence-electron chi connectivity index (χ1n) is 6.80. The van der Waals surface area contributed by atoms with Gasteiger partial charge in [0.25, 0.3) is 0 Å². The second-order valence-electron chi connectivity index (χ2n) is 6.16. The zero-order valence-corrected chi connectivity index (χ0v) is 12.4. The molecule has 0 bridgehead atoms. The summed E-state index contributed by atoms with van der Waals surface area (Å²) in [5.74, 6) is 0. The molecule has 1 aromatic rings. The predicted molar refractivity (Wildman–Crippen MR) is 77.4 cm³/mol. The normalized spacial score (nSPS) is 21.4. The summed E-state index contributed by atoms with van der Waals surface area (Å²) >= 11 is 0. The maximum absolute atomic E-state index is 5.80. The molecule has 19 heavy (non-hydrogen) atoms. The van der Waals surface area contributed by atoms with Crippen LogP contribution in [0.15, 0.2) is 35.3 Å². The zero-order valence-electron chi connectivity index (χ0n) is 12.4. The van der Waals surface area contributed by atoms with Crippen LogP contribution in [-0.4, -0.2) is 23.3 Å². The van der Waals surface area contributed by atoms with Gasteiger partial charge in [0.15, 0.2) is 0 Å². The van der Waals surface area contributed by atoms with E-state index in [0.29, 0.717) is 6.08 Å². The fourth-order valence-corrected chi connectivity index (χ4v) is 1.94. The van der Waals surface area contributed by atoms with Crippen molar-refractivity contribution in [3.8, 4) is 0 Å². The van der Waals surface area contributed by atoms with E-state index < -0.39 is 0 Å². The van der Waals surface area contributed by atoms with Gasteiger partial charge in [0.05, 0.1) is 6.04 Å². The highest BCUT2D eigenvalue weighted by molar-refractivity contribution is 5.70. The van der Waals surface area contributed by atoms with Crippen molar-refractivity contribution in [3.05, 3.63) is 35.9 Å². The Kier molecular flexibility index (Phi) is 3.57. The molecule has 1 aromatic carbocycles. The molecule has 0 N–H and O–H groups in total. The lowest BCUT2D eigenvalue weighted by molar-refractivity contribution is 0.00578. The van der Waals surface area contributed by atoms with E-state index in [-0.39, 0.29) is 17.2 Å². The van der Waals surface area contributed by atoms with E-state index in [2.05, 4.69) is 24.0 Å². The summed E-state index contributed by atoms with van der Waals surface area (Å²) in [6, 6.07) is 10.5. The third-order valence-electron chi connectivity index (χ3n) is 3.83.